The maximum absolute atomic E-state index is 12.3. The van der Waals surface area contributed by atoms with E-state index in [9.17, 15) is 9.59 Å². The van der Waals surface area contributed by atoms with Crippen molar-refractivity contribution in [2.45, 2.75) is 39.5 Å². The summed E-state index contributed by atoms with van der Waals surface area (Å²) in [6.45, 7) is 9.54. The standard InChI is InChI=1S/C16H30N2O4/c1-3-5-6-15(19)18(8-7-16(20)22-4-2)10-9-17-11-13-21-14-12-17/h3-14H2,1-2H3. The molecule has 0 aromatic carbocycles. The molecule has 6 nitrogen and oxygen atoms in total. The summed E-state index contributed by atoms with van der Waals surface area (Å²) in [5.74, 6) is -0.0958. The Bertz CT molecular complexity index is 330. The molecule has 0 atom stereocenters. The highest BCUT2D eigenvalue weighted by molar-refractivity contribution is 5.77. The number of hydrogen-bond acceptors (Lipinski definition) is 5. The summed E-state index contributed by atoms with van der Waals surface area (Å²) in [5, 5.41) is 0. The lowest BCUT2D eigenvalue weighted by atomic mass is 10.2. The predicted molar refractivity (Wildman–Crippen MR) is 84.6 cm³/mol. The molecule has 1 saturated heterocycles. The van der Waals surface area contributed by atoms with Gasteiger partial charge in [-0.05, 0) is 13.3 Å². The van der Waals surface area contributed by atoms with Crippen molar-refractivity contribution in [3.63, 3.8) is 0 Å². The van der Waals surface area contributed by atoms with Crippen molar-refractivity contribution < 1.29 is 19.1 Å². The third-order valence-electron chi connectivity index (χ3n) is 3.78. The Morgan fingerprint density at radius 2 is 1.86 bits per heavy atom. The minimum Gasteiger partial charge on any atom is -0.466 e. The fourth-order valence-electron chi connectivity index (χ4n) is 2.39. The van der Waals surface area contributed by atoms with Crippen LogP contribution in [-0.4, -0.2) is 74.2 Å². The fourth-order valence-corrected chi connectivity index (χ4v) is 2.39. The minimum absolute atomic E-state index is 0.138. The number of esters is 1. The zero-order valence-electron chi connectivity index (χ0n) is 14.0. The number of morpholine rings is 1. The van der Waals surface area contributed by atoms with Gasteiger partial charge in [-0.25, -0.2) is 0 Å². The molecule has 0 aromatic heterocycles. The van der Waals surface area contributed by atoms with Gasteiger partial charge in [-0.15, -0.1) is 0 Å². The highest BCUT2D eigenvalue weighted by Crippen LogP contribution is 2.04. The first kappa shape index (κ1) is 18.9. The van der Waals surface area contributed by atoms with Gasteiger partial charge in [0.25, 0.3) is 0 Å². The Morgan fingerprint density at radius 1 is 1.14 bits per heavy atom. The summed E-state index contributed by atoms with van der Waals surface area (Å²) in [4.78, 5) is 27.9. The van der Waals surface area contributed by atoms with Crippen molar-refractivity contribution in [2.75, 3.05) is 52.5 Å². The number of carbonyl (C=O) groups is 2. The first-order chi connectivity index (χ1) is 10.7. The van der Waals surface area contributed by atoms with E-state index in [-0.39, 0.29) is 18.3 Å². The van der Waals surface area contributed by atoms with Gasteiger partial charge in [0.15, 0.2) is 0 Å². The van der Waals surface area contributed by atoms with E-state index in [0.717, 1.165) is 45.7 Å². The van der Waals surface area contributed by atoms with Gasteiger partial charge < -0.3 is 14.4 Å². The largest absolute Gasteiger partial charge is 0.466 e. The van der Waals surface area contributed by atoms with Gasteiger partial charge >= 0.3 is 5.97 Å². The number of rotatable bonds is 10. The van der Waals surface area contributed by atoms with Crippen molar-refractivity contribution in [2.24, 2.45) is 0 Å². The van der Waals surface area contributed by atoms with Crippen LogP contribution in [0.3, 0.4) is 0 Å². The van der Waals surface area contributed by atoms with E-state index in [1.165, 1.54) is 0 Å². The second-order valence-electron chi connectivity index (χ2n) is 5.49. The molecular formula is C16H30N2O4. The van der Waals surface area contributed by atoms with Gasteiger partial charge in [0.2, 0.25) is 5.91 Å². The first-order valence-electron chi connectivity index (χ1n) is 8.40. The summed E-state index contributed by atoms with van der Waals surface area (Å²) in [5.41, 5.74) is 0. The Labute approximate surface area is 133 Å². The molecule has 1 fully saturated rings. The van der Waals surface area contributed by atoms with Crippen molar-refractivity contribution in [1.29, 1.82) is 0 Å². The Morgan fingerprint density at radius 3 is 2.50 bits per heavy atom. The maximum atomic E-state index is 12.3. The van der Waals surface area contributed by atoms with Crippen LogP contribution in [0.25, 0.3) is 0 Å². The molecule has 128 valence electrons. The Hall–Kier alpha value is -1.14. The van der Waals surface area contributed by atoms with Crippen LogP contribution in [0.2, 0.25) is 0 Å². The Kier molecular flexibility index (Phi) is 9.82. The van der Waals surface area contributed by atoms with Crippen LogP contribution in [0.1, 0.15) is 39.5 Å². The summed E-state index contributed by atoms with van der Waals surface area (Å²) in [7, 11) is 0. The molecule has 1 heterocycles. The number of ether oxygens (including phenoxy) is 2. The van der Waals surface area contributed by atoms with E-state index < -0.39 is 0 Å². The molecule has 0 radical (unpaired) electrons. The minimum atomic E-state index is -0.234. The smallest absolute Gasteiger partial charge is 0.307 e. The Balaban J connectivity index is 2.41. The van der Waals surface area contributed by atoms with E-state index >= 15 is 0 Å². The monoisotopic (exact) mass is 314 g/mol. The molecule has 0 aromatic rings. The van der Waals surface area contributed by atoms with E-state index in [4.69, 9.17) is 9.47 Å². The highest BCUT2D eigenvalue weighted by atomic mass is 16.5. The number of amides is 1. The zero-order valence-corrected chi connectivity index (χ0v) is 14.0. The summed E-state index contributed by atoms with van der Waals surface area (Å²) < 4.78 is 10.3. The van der Waals surface area contributed by atoms with Crippen LogP contribution in [0.4, 0.5) is 0 Å². The van der Waals surface area contributed by atoms with Crippen LogP contribution in [0.5, 0.6) is 0 Å². The normalized spacial score (nSPS) is 15.5. The second kappa shape index (κ2) is 11.4. The van der Waals surface area contributed by atoms with Crippen molar-refractivity contribution in [3.05, 3.63) is 0 Å². The van der Waals surface area contributed by atoms with Crippen LogP contribution in [-0.2, 0) is 19.1 Å². The van der Waals surface area contributed by atoms with E-state index in [1.54, 1.807) is 6.92 Å². The summed E-state index contributed by atoms with van der Waals surface area (Å²) >= 11 is 0. The lowest BCUT2D eigenvalue weighted by Gasteiger charge is -2.30. The SMILES string of the molecule is CCCCC(=O)N(CCC(=O)OCC)CCN1CCOCC1. The maximum Gasteiger partial charge on any atom is 0.307 e. The molecule has 0 unspecified atom stereocenters. The van der Waals surface area contributed by atoms with E-state index in [1.807, 2.05) is 4.90 Å². The average Bonchev–Trinajstić information content (AvgIpc) is 2.54. The molecule has 1 amide bonds. The molecule has 0 spiro atoms. The molecule has 22 heavy (non-hydrogen) atoms. The van der Waals surface area contributed by atoms with Crippen molar-refractivity contribution >= 4 is 11.9 Å². The van der Waals surface area contributed by atoms with Gasteiger partial charge in [-0.3, -0.25) is 14.5 Å². The second-order valence-corrected chi connectivity index (χ2v) is 5.49. The lowest BCUT2D eigenvalue weighted by molar-refractivity contribution is -0.144. The fraction of sp³-hybridized carbons (Fsp3) is 0.875. The summed E-state index contributed by atoms with van der Waals surface area (Å²) in [6, 6.07) is 0. The first-order valence-corrected chi connectivity index (χ1v) is 8.40. The molecule has 6 heteroatoms. The van der Waals surface area contributed by atoms with Crippen LogP contribution in [0.15, 0.2) is 0 Å². The zero-order chi connectivity index (χ0) is 16.2. The molecule has 0 aliphatic carbocycles. The van der Waals surface area contributed by atoms with Crippen LogP contribution < -0.4 is 0 Å². The topological polar surface area (TPSA) is 59.1 Å². The molecule has 0 saturated carbocycles. The molecule has 1 rings (SSSR count). The van der Waals surface area contributed by atoms with E-state index in [0.29, 0.717) is 26.1 Å². The number of hydrogen-bond donors (Lipinski definition) is 0. The third kappa shape index (κ3) is 7.75. The number of nitrogens with zero attached hydrogens (tertiary/aromatic N) is 2. The quantitative estimate of drug-likeness (QED) is 0.569. The van der Waals surface area contributed by atoms with Gasteiger partial charge in [0, 0.05) is 39.1 Å². The lowest BCUT2D eigenvalue weighted by Crippen LogP contribution is -2.43. The third-order valence-corrected chi connectivity index (χ3v) is 3.78. The summed E-state index contributed by atoms with van der Waals surface area (Å²) in [6.07, 6.45) is 2.73. The average molecular weight is 314 g/mol. The number of carbonyl (C=O) groups excluding carboxylic acids is 2. The predicted octanol–water partition coefficient (Wildman–Crippen LogP) is 1.29. The van der Waals surface area contributed by atoms with Crippen LogP contribution >= 0.6 is 0 Å². The van der Waals surface area contributed by atoms with Gasteiger partial charge in [-0.1, -0.05) is 13.3 Å². The van der Waals surface area contributed by atoms with Gasteiger partial charge in [0.1, 0.15) is 0 Å². The van der Waals surface area contributed by atoms with Crippen molar-refractivity contribution in [1.82, 2.24) is 9.80 Å². The molecule has 0 N–H and O–H groups in total. The molecule has 1 aliphatic rings. The van der Waals surface area contributed by atoms with Crippen molar-refractivity contribution in [3.8, 4) is 0 Å². The molecule has 1 aliphatic heterocycles. The number of unbranched alkanes of at least 4 members (excludes halogenated alkanes) is 1. The molecule has 0 bridgehead atoms. The van der Waals surface area contributed by atoms with E-state index in [2.05, 4.69) is 11.8 Å². The van der Waals surface area contributed by atoms with Crippen LogP contribution in [0, 0.1) is 0 Å². The van der Waals surface area contributed by atoms with Gasteiger partial charge in [-0.2, -0.15) is 0 Å². The molecular weight excluding hydrogens is 284 g/mol. The highest BCUT2D eigenvalue weighted by Gasteiger charge is 2.17. The van der Waals surface area contributed by atoms with Gasteiger partial charge in [0.05, 0.1) is 26.2 Å².